The van der Waals surface area contributed by atoms with Crippen molar-refractivity contribution in [2.45, 2.75) is 31.9 Å². The fourth-order valence-electron chi connectivity index (χ4n) is 1.74. The normalized spacial score (nSPS) is 21.1. The molecule has 0 unspecified atom stereocenters. The molecule has 16 heavy (non-hydrogen) atoms. The van der Waals surface area contributed by atoms with Gasteiger partial charge in [0.2, 0.25) is 5.91 Å². The van der Waals surface area contributed by atoms with Gasteiger partial charge in [-0.05, 0) is 32.9 Å². The predicted molar refractivity (Wildman–Crippen MR) is 56.8 cm³/mol. The van der Waals surface area contributed by atoms with E-state index in [-0.39, 0.29) is 11.8 Å². The van der Waals surface area contributed by atoms with Crippen LogP contribution in [0.5, 0.6) is 0 Å². The topological polar surface area (TPSA) is 98.7 Å². The van der Waals surface area contributed by atoms with Crippen molar-refractivity contribution < 1.29 is 19.8 Å². The van der Waals surface area contributed by atoms with E-state index in [2.05, 4.69) is 10.6 Å². The second-order valence-electron chi connectivity index (χ2n) is 4.09. The molecule has 1 amide bonds. The van der Waals surface area contributed by atoms with Crippen LogP contribution in [0.2, 0.25) is 0 Å². The molecule has 1 rings (SSSR count). The molecular weight excluding hydrogens is 212 g/mol. The fraction of sp³-hybridized carbons (Fsp3) is 0.800. The minimum atomic E-state index is -1.22. The first kappa shape index (κ1) is 12.9. The molecule has 0 aromatic rings. The number of aliphatic carboxylic acids is 1. The molecule has 1 fully saturated rings. The van der Waals surface area contributed by atoms with Gasteiger partial charge in [-0.15, -0.1) is 0 Å². The number of carboxylic acid groups (broad SMARTS) is 1. The maximum absolute atomic E-state index is 11.7. The average molecular weight is 230 g/mol. The van der Waals surface area contributed by atoms with E-state index in [1.54, 1.807) is 0 Å². The van der Waals surface area contributed by atoms with E-state index < -0.39 is 18.1 Å². The number of hydrogen-bond acceptors (Lipinski definition) is 4. The number of carboxylic acids is 1. The Hall–Kier alpha value is -1.14. The van der Waals surface area contributed by atoms with Crippen LogP contribution in [0.4, 0.5) is 0 Å². The number of aliphatic hydroxyl groups excluding tert-OH is 1. The molecule has 4 N–H and O–H groups in total. The molecule has 1 heterocycles. The summed E-state index contributed by atoms with van der Waals surface area (Å²) in [4.78, 5) is 22.5. The van der Waals surface area contributed by atoms with E-state index in [0.29, 0.717) is 12.8 Å². The Kier molecular flexibility index (Phi) is 4.70. The number of nitrogens with one attached hydrogen (secondary N) is 2. The predicted octanol–water partition coefficient (Wildman–Crippen LogP) is -1.06. The molecule has 1 aliphatic heterocycles. The zero-order chi connectivity index (χ0) is 12.1. The summed E-state index contributed by atoms with van der Waals surface area (Å²) in [6.45, 7) is 2.89. The van der Waals surface area contributed by atoms with E-state index in [1.807, 2.05) is 0 Å². The Morgan fingerprint density at radius 3 is 2.38 bits per heavy atom. The van der Waals surface area contributed by atoms with Gasteiger partial charge >= 0.3 is 5.97 Å². The van der Waals surface area contributed by atoms with Gasteiger partial charge in [0.25, 0.3) is 0 Å². The Labute approximate surface area is 94.0 Å². The van der Waals surface area contributed by atoms with E-state index in [9.17, 15) is 14.7 Å². The fourth-order valence-corrected chi connectivity index (χ4v) is 1.74. The van der Waals surface area contributed by atoms with Crippen LogP contribution in [0.25, 0.3) is 0 Å². The van der Waals surface area contributed by atoms with Crippen LogP contribution < -0.4 is 10.6 Å². The molecule has 6 nitrogen and oxygen atoms in total. The minimum Gasteiger partial charge on any atom is -0.480 e. The van der Waals surface area contributed by atoms with Gasteiger partial charge in [0.15, 0.2) is 6.04 Å². The molecule has 92 valence electrons. The molecule has 0 saturated carbocycles. The first-order valence-electron chi connectivity index (χ1n) is 5.44. The maximum Gasteiger partial charge on any atom is 0.328 e. The SMILES string of the molecule is C[C@@H](O)[C@H](NC(=O)C1CCNCC1)C(=O)O. The highest BCUT2D eigenvalue weighted by atomic mass is 16.4. The largest absolute Gasteiger partial charge is 0.480 e. The number of carbonyl (C=O) groups excluding carboxylic acids is 1. The second-order valence-corrected chi connectivity index (χ2v) is 4.09. The second kappa shape index (κ2) is 5.81. The van der Waals surface area contributed by atoms with E-state index >= 15 is 0 Å². The van der Waals surface area contributed by atoms with Crippen LogP contribution in [0.1, 0.15) is 19.8 Å². The molecule has 0 aromatic heterocycles. The smallest absolute Gasteiger partial charge is 0.328 e. The van der Waals surface area contributed by atoms with Gasteiger partial charge in [-0.25, -0.2) is 4.79 Å². The molecule has 1 saturated heterocycles. The van der Waals surface area contributed by atoms with Gasteiger partial charge in [0.05, 0.1) is 6.10 Å². The van der Waals surface area contributed by atoms with Gasteiger partial charge in [0, 0.05) is 5.92 Å². The molecule has 2 atom stereocenters. The highest BCUT2D eigenvalue weighted by Crippen LogP contribution is 2.12. The zero-order valence-electron chi connectivity index (χ0n) is 9.27. The van der Waals surface area contributed by atoms with Crippen molar-refractivity contribution in [2.75, 3.05) is 13.1 Å². The third-order valence-corrected chi connectivity index (χ3v) is 2.76. The van der Waals surface area contributed by atoms with Crippen molar-refractivity contribution in [3.8, 4) is 0 Å². The van der Waals surface area contributed by atoms with Crippen LogP contribution in [0.3, 0.4) is 0 Å². The van der Waals surface area contributed by atoms with Gasteiger partial charge in [-0.3, -0.25) is 4.79 Å². The summed E-state index contributed by atoms with van der Waals surface area (Å²) in [6, 6.07) is -1.22. The quantitative estimate of drug-likeness (QED) is 0.493. The Balaban J connectivity index is 2.50. The number of rotatable bonds is 4. The number of aliphatic hydroxyl groups is 1. The number of piperidine rings is 1. The highest BCUT2D eigenvalue weighted by Gasteiger charge is 2.29. The summed E-state index contributed by atoms with van der Waals surface area (Å²) in [5.74, 6) is -1.64. The molecule has 0 aromatic carbocycles. The monoisotopic (exact) mass is 230 g/mol. The molecule has 0 spiro atoms. The summed E-state index contributed by atoms with van der Waals surface area (Å²) in [6.07, 6.45) is 0.318. The lowest BCUT2D eigenvalue weighted by Gasteiger charge is -2.24. The molecule has 6 heteroatoms. The van der Waals surface area contributed by atoms with Crippen molar-refractivity contribution in [2.24, 2.45) is 5.92 Å². The Morgan fingerprint density at radius 1 is 1.38 bits per heavy atom. The lowest BCUT2D eigenvalue weighted by atomic mass is 9.96. The van der Waals surface area contributed by atoms with Crippen LogP contribution >= 0.6 is 0 Å². The Morgan fingerprint density at radius 2 is 1.94 bits per heavy atom. The van der Waals surface area contributed by atoms with E-state index in [4.69, 9.17) is 5.11 Å². The van der Waals surface area contributed by atoms with Crippen molar-refractivity contribution in [3.05, 3.63) is 0 Å². The molecule has 0 radical (unpaired) electrons. The van der Waals surface area contributed by atoms with Crippen molar-refractivity contribution in [3.63, 3.8) is 0 Å². The van der Waals surface area contributed by atoms with Crippen LogP contribution in [0.15, 0.2) is 0 Å². The minimum absolute atomic E-state index is 0.151. The molecular formula is C10H18N2O4. The van der Waals surface area contributed by atoms with Gasteiger partial charge in [-0.1, -0.05) is 0 Å². The molecule has 1 aliphatic rings. The first-order valence-corrected chi connectivity index (χ1v) is 5.44. The summed E-state index contributed by atoms with van der Waals surface area (Å²) >= 11 is 0. The standard InChI is InChI=1S/C10H18N2O4/c1-6(13)8(10(15)16)12-9(14)7-2-4-11-5-3-7/h6-8,11,13H,2-5H2,1H3,(H,12,14)(H,15,16)/t6-,8+/m1/s1. The zero-order valence-corrected chi connectivity index (χ0v) is 9.27. The maximum atomic E-state index is 11.7. The van der Waals surface area contributed by atoms with Crippen LogP contribution in [-0.4, -0.2) is 47.3 Å². The van der Waals surface area contributed by atoms with Crippen molar-refractivity contribution >= 4 is 11.9 Å². The molecule has 0 bridgehead atoms. The Bertz CT molecular complexity index is 262. The summed E-state index contributed by atoms with van der Waals surface area (Å²) < 4.78 is 0. The number of amides is 1. The van der Waals surface area contributed by atoms with Crippen LogP contribution in [-0.2, 0) is 9.59 Å². The molecule has 0 aliphatic carbocycles. The third kappa shape index (κ3) is 3.46. The summed E-state index contributed by atoms with van der Waals surface area (Å²) in [7, 11) is 0. The third-order valence-electron chi connectivity index (χ3n) is 2.76. The summed E-state index contributed by atoms with van der Waals surface area (Å²) in [5, 5.41) is 23.5. The lowest BCUT2D eigenvalue weighted by Crippen LogP contribution is -2.50. The van der Waals surface area contributed by atoms with E-state index in [1.165, 1.54) is 6.92 Å². The highest BCUT2D eigenvalue weighted by molar-refractivity contribution is 5.85. The lowest BCUT2D eigenvalue weighted by molar-refractivity contribution is -0.145. The van der Waals surface area contributed by atoms with Gasteiger partial charge in [-0.2, -0.15) is 0 Å². The van der Waals surface area contributed by atoms with Gasteiger partial charge in [0.1, 0.15) is 0 Å². The van der Waals surface area contributed by atoms with Crippen LogP contribution in [0, 0.1) is 5.92 Å². The van der Waals surface area contributed by atoms with Crippen molar-refractivity contribution in [1.29, 1.82) is 0 Å². The van der Waals surface area contributed by atoms with Crippen molar-refractivity contribution in [1.82, 2.24) is 10.6 Å². The summed E-state index contributed by atoms with van der Waals surface area (Å²) in [5.41, 5.74) is 0. The average Bonchev–Trinajstić information content (AvgIpc) is 2.25. The number of carbonyl (C=O) groups is 2. The van der Waals surface area contributed by atoms with E-state index in [0.717, 1.165) is 13.1 Å². The van der Waals surface area contributed by atoms with Gasteiger partial charge < -0.3 is 20.8 Å². The number of hydrogen-bond donors (Lipinski definition) is 4. The first-order chi connectivity index (χ1) is 7.52.